The lowest BCUT2D eigenvalue weighted by Gasteiger charge is -2.13. The third kappa shape index (κ3) is 3.42. The van der Waals surface area contributed by atoms with Gasteiger partial charge in [0.25, 0.3) is 0 Å². The minimum absolute atomic E-state index is 0.0369. The number of anilines is 1. The standard InChI is InChI=1S/C14H19N5O/c1-10-6-4-5-7-12(10)17-13(20)8-15-11(2)14-18-16-9-19(14)3/h4-7,9,11,15H,8H2,1-3H3,(H,17,20). The molecule has 1 atom stereocenters. The van der Waals surface area contributed by atoms with E-state index in [1.165, 1.54) is 0 Å². The van der Waals surface area contributed by atoms with Gasteiger partial charge in [-0.25, -0.2) is 0 Å². The van der Waals surface area contributed by atoms with Gasteiger partial charge in [0.15, 0.2) is 0 Å². The Kier molecular flexibility index (Phi) is 4.47. The second-order valence-corrected chi connectivity index (χ2v) is 4.77. The Morgan fingerprint density at radius 2 is 2.15 bits per heavy atom. The van der Waals surface area contributed by atoms with E-state index in [4.69, 9.17) is 0 Å². The molecular weight excluding hydrogens is 254 g/mol. The Balaban J connectivity index is 1.87. The highest BCUT2D eigenvalue weighted by molar-refractivity contribution is 5.92. The number of aryl methyl sites for hydroxylation is 2. The van der Waals surface area contributed by atoms with E-state index in [9.17, 15) is 4.79 Å². The Morgan fingerprint density at radius 1 is 1.40 bits per heavy atom. The van der Waals surface area contributed by atoms with Crippen LogP contribution in [0.15, 0.2) is 30.6 Å². The number of amides is 1. The Hall–Kier alpha value is -2.21. The van der Waals surface area contributed by atoms with Crippen LogP contribution in [0.2, 0.25) is 0 Å². The summed E-state index contributed by atoms with van der Waals surface area (Å²) in [6, 6.07) is 7.66. The van der Waals surface area contributed by atoms with E-state index in [0.29, 0.717) is 0 Å². The quantitative estimate of drug-likeness (QED) is 0.864. The summed E-state index contributed by atoms with van der Waals surface area (Å²) in [5, 5.41) is 13.8. The monoisotopic (exact) mass is 273 g/mol. The summed E-state index contributed by atoms with van der Waals surface area (Å²) >= 11 is 0. The minimum atomic E-state index is -0.0756. The van der Waals surface area contributed by atoms with Gasteiger partial charge in [-0.15, -0.1) is 10.2 Å². The van der Waals surface area contributed by atoms with Crippen LogP contribution in [0.5, 0.6) is 0 Å². The molecular formula is C14H19N5O. The highest BCUT2D eigenvalue weighted by Crippen LogP contribution is 2.13. The van der Waals surface area contributed by atoms with Crippen molar-refractivity contribution in [3.8, 4) is 0 Å². The number of rotatable bonds is 5. The first-order chi connectivity index (χ1) is 9.58. The number of carbonyl (C=O) groups is 1. The molecule has 1 unspecified atom stereocenters. The average molecular weight is 273 g/mol. The van der Waals surface area contributed by atoms with Crippen LogP contribution in [-0.4, -0.2) is 27.2 Å². The molecule has 1 aromatic heterocycles. The van der Waals surface area contributed by atoms with Gasteiger partial charge in [-0.3, -0.25) is 10.1 Å². The van der Waals surface area contributed by atoms with Gasteiger partial charge in [0, 0.05) is 12.7 Å². The molecule has 2 N–H and O–H groups in total. The van der Waals surface area contributed by atoms with Crippen molar-refractivity contribution in [2.75, 3.05) is 11.9 Å². The molecule has 106 valence electrons. The molecule has 6 heteroatoms. The third-order valence-electron chi connectivity index (χ3n) is 3.12. The van der Waals surface area contributed by atoms with Crippen molar-refractivity contribution in [2.45, 2.75) is 19.9 Å². The summed E-state index contributed by atoms with van der Waals surface area (Å²) in [5.74, 6) is 0.724. The molecule has 0 bridgehead atoms. The van der Waals surface area contributed by atoms with Gasteiger partial charge in [-0.2, -0.15) is 0 Å². The number of hydrogen-bond acceptors (Lipinski definition) is 4. The average Bonchev–Trinajstić information content (AvgIpc) is 2.85. The molecule has 20 heavy (non-hydrogen) atoms. The predicted molar refractivity (Wildman–Crippen MR) is 77.2 cm³/mol. The van der Waals surface area contributed by atoms with Gasteiger partial charge in [-0.1, -0.05) is 18.2 Å². The fourth-order valence-electron chi connectivity index (χ4n) is 1.93. The molecule has 0 fully saturated rings. The summed E-state index contributed by atoms with van der Waals surface area (Å²) in [7, 11) is 1.88. The number of hydrogen-bond donors (Lipinski definition) is 2. The maximum atomic E-state index is 11.9. The van der Waals surface area contributed by atoms with E-state index < -0.39 is 0 Å². The number of benzene rings is 1. The van der Waals surface area contributed by atoms with Gasteiger partial charge in [-0.05, 0) is 25.5 Å². The van der Waals surface area contributed by atoms with Crippen LogP contribution in [0.25, 0.3) is 0 Å². The SMILES string of the molecule is Cc1ccccc1NC(=O)CNC(C)c1nncn1C. The minimum Gasteiger partial charge on any atom is -0.325 e. The molecule has 0 spiro atoms. The van der Waals surface area contributed by atoms with Crippen molar-refractivity contribution >= 4 is 11.6 Å². The molecule has 0 aliphatic carbocycles. The lowest BCUT2D eigenvalue weighted by molar-refractivity contribution is -0.115. The molecule has 6 nitrogen and oxygen atoms in total. The van der Waals surface area contributed by atoms with E-state index in [-0.39, 0.29) is 18.5 Å². The fourth-order valence-corrected chi connectivity index (χ4v) is 1.93. The van der Waals surface area contributed by atoms with Crippen LogP contribution in [0.4, 0.5) is 5.69 Å². The van der Waals surface area contributed by atoms with E-state index in [1.807, 2.05) is 49.7 Å². The van der Waals surface area contributed by atoms with E-state index in [2.05, 4.69) is 20.8 Å². The smallest absolute Gasteiger partial charge is 0.238 e. The molecule has 1 heterocycles. The molecule has 2 rings (SSSR count). The number of para-hydroxylation sites is 1. The highest BCUT2D eigenvalue weighted by Gasteiger charge is 2.12. The Labute approximate surface area is 118 Å². The Morgan fingerprint density at radius 3 is 2.80 bits per heavy atom. The van der Waals surface area contributed by atoms with Crippen LogP contribution in [-0.2, 0) is 11.8 Å². The maximum Gasteiger partial charge on any atom is 0.238 e. The van der Waals surface area contributed by atoms with Crippen LogP contribution in [0.3, 0.4) is 0 Å². The summed E-state index contributed by atoms with van der Waals surface area (Å²) in [5.41, 5.74) is 1.88. The van der Waals surface area contributed by atoms with Crippen LogP contribution in [0, 0.1) is 6.92 Å². The molecule has 1 aromatic carbocycles. The van der Waals surface area contributed by atoms with Crippen molar-refractivity contribution in [1.82, 2.24) is 20.1 Å². The van der Waals surface area contributed by atoms with E-state index >= 15 is 0 Å². The van der Waals surface area contributed by atoms with Crippen LogP contribution < -0.4 is 10.6 Å². The second-order valence-electron chi connectivity index (χ2n) is 4.77. The first kappa shape index (κ1) is 14.2. The lowest BCUT2D eigenvalue weighted by atomic mass is 10.2. The first-order valence-corrected chi connectivity index (χ1v) is 6.50. The molecule has 0 saturated carbocycles. The van der Waals surface area contributed by atoms with E-state index in [1.54, 1.807) is 6.33 Å². The summed E-state index contributed by atoms with van der Waals surface area (Å²) < 4.78 is 1.83. The first-order valence-electron chi connectivity index (χ1n) is 6.50. The fraction of sp³-hybridized carbons (Fsp3) is 0.357. The summed E-state index contributed by atoms with van der Waals surface area (Å²) in [6.45, 7) is 4.14. The van der Waals surface area contributed by atoms with Crippen molar-refractivity contribution in [2.24, 2.45) is 7.05 Å². The molecule has 2 aromatic rings. The van der Waals surface area contributed by atoms with Crippen molar-refractivity contribution < 1.29 is 4.79 Å². The summed E-state index contributed by atoms with van der Waals surface area (Å²) in [6.07, 6.45) is 1.64. The van der Waals surface area contributed by atoms with Crippen molar-refractivity contribution in [3.05, 3.63) is 42.0 Å². The molecule has 0 aliphatic heterocycles. The predicted octanol–water partition coefficient (Wildman–Crippen LogP) is 1.41. The Bertz CT molecular complexity index is 593. The van der Waals surface area contributed by atoms with Gasteiger partial charge >= 0.3 is 0 Å². The zero-order chi connectivity index (χ0) is 14.5. The van der Waals surface area contributed by atoms with Crippen molar-refractivity contribution in [3.63, 3.8) is 0 Å². The number of carbonyl (C=O) groups excluding carboxylic acids is 1. The number of nitrogens with zero attached hydrogens (tertiary/aromatic N) is 3. The van der Waals surface area contributed by atoms with Gasteiger partial charge in [0.1, 0.15) is 12.2 Å². The number of nitrogens with one attached hydrogen (secondary N) is 2. The van der Waals surface area contributed by atoms with Gasteiger partial charge < -0.3 is 9.88 Å². The molecule has 0 radical (unpaired) electrons. The third-order valence-corrected chi connectivity index (χ3v) is 3.12. The van der Waals surface area contributed by atoms with Gasteiger partial charge in [0.2, 0.25) is 5.91 Å². The second kappa shape index (κ2) is 6.29. The highest BCUT2D eigenvalue weighted by atomic mass is 16.1. The van der Waals surface area contributed by atoms with Crippen LogP contribution in [0.1, 0.15) is 24.4 Å². The normalized spacial score (nSPS) is 12.2. The molecule has 0 aliphatic rings. The number of aromatic nitrogens is 3. The molecule has 1 amide bonds. The van der Waals surface area contributed by atoms with Crippen molar-refractivity contribution in [1.29, 1.82) is 0 Å². The van der Waals surface area contributed by atoms with Crippen LogP contribution >= 0.6 is 0 Å². The maximum absolute atomic E-state index is 11.9. The van der Waals surface area contributed by atoms with E-state index in [0.717, 1.165) is 17.1 Å². The topological polar surface area (TPSA) is 71.8 Å². The lowest BCUT2D eigenvalue weighted by Crippen LogP contribution is -2.31. The zero-order valence-electron chi connectivity index (χ0n) is 11.9. The molecule has 0 saturated heterocycles. The zero-order valence-corrected chi connectivity index (χ0v) is 11.9. The largest absolute Gasteiger partial charge is 0.325 e. The van der Waals surface area contributed by atoms with Gasteiger partial charge in [0.05, 0.1) is 12.6 Å². The summed E-state index contributed by atoms with van der Waals surface area (Å²) in [4.78, 5) is 11.9.